The molecule has 0 aliphatic carbocycles. The zero-order valence-electron chi connectivity index (χ0n) is 10.1. The summed E-state index contributed by atoms with van der Waals surface area (Å²) in [6.45, 7) is 0. The molecule has 2 atom stereocenters. The molecule has 7 nitrogen and oxygen atoms in total. The standard InChI is InChI=1S/C12H10FN3O4/c13-6-1-2-9-8(3-6)16-11(17)10(20-9)4-7(5-14)15-12(18)19/h1-3,7,10,15H,4H2,(H,16,17)(H,18,19)/t7-,10-/m0/s1. The predicted octanol–water partition coefficient (Wildman–Crippen LogP) is 1.08. The lowest BCUT2D eigenvalue weighted by Crippen LogP contribution is -2.43. The molecule has 1 heterocycles. The monoisotopic (exact) mass is 279 g/mol. The lowest BCUT2D eigenvalue weighted by Gasteiger charge is -2.26. The molecule has 2 rings (SSSR count). The van der Waals surface area contributed by atoms with Crippen LogP contribution in [0.2, 0.25) is 0 Å². The van der Waals surface area contributed by atoms with Crippen molar-refractivity contribution < 1.29 is 23.8 Å². The van der Waals surface area contributed by atoms with E-state index in [1.54, 1.807) is 6.07 Å². The van der Waals surface area contributed by atoms with Gasteiger partial charge in [-0.25, -0.2) is 9.18 Å². The van der Waals surface area contributed by atoms with Gasteiger partial charge in [-0.05, 0) is 12.1 Å². The first kappa shape index (κ1) is 13.6. The molecule has 3 N–H and O–H groups in total. The van der Waals surface area contributed by atoms with Crippen LogP contribution in [-0.2, 0) is 4.79 Å². The summed E-state index contributed by atoms with van der Waals surface area (Å²) in [5.74, 6) is -0.813. The van der Waals surface area contributed by atoms with E-state index in [0.29, 0.717) is 0 Å². The first-order chi connectivity index (χ1) is 9.49. The zero-order chi connectivity index (χ0) is 14.7. The van der Waals surface area contributed by atoms with Crippen LogP contribution in [0, 0.1) is 17.1 Å². The van der Waals surface area contributed by atoms with Crippen molar-refractivity contribution in [2.45, 2.75) is 18.6 Å². The van der Waals surface area contributed by atoms with Crippen molar-refractivity contribution in [2.24, 2.45) is 0 Å². The third-order valence-corrected chi connectivity index (χ3v) is 2.66. The number of halogens is 1. The minimum atomic E-state index is -1.37. The molecule has 1 aliphatic rings. The highest BCUT2D eigenvalue weighted by Crippen LogP contribution is 2.31. The first-order valence-electron chi connectivity index (χ1n) is 5.65. The average molecular weight is 279 g/mol. The molecule has 0 fully saturated rings. The molecule has 0 aromatic heterocycles. The average Bonchev–Trinajstić information content (AvgIpc) is 2.38. The van der Waals surface area contributed by atoms with Crippen molar-refractivity contribution in [3.8, 4) is 11.8 Å². The van der Waals surface area contributed by atoms with Gasteiger partial charge in [-0.2, -0.15) is 5.26 Å². The largest absolute Gasteiger partial charge is 0.478 e. The van der Waals surface area contributed by atoms with Crippen LogP contribution in [0.25, 0.3) is 0 Å². The number of amides is 2. The Bertz CT molecular complexity index is 599. The van der Waals surface area contributed by atoms with Crippen LogP contribution in [0.4, 0.5) is 14.9 Å². The van der Waals surface area contributed by atoms with Gasteiger partial charge < -0.3 is 20.5 Å². The van der Waals surface area contributed by atoms with E-state index in [4.69, 9.17) is 15.1 Å². The van der Waals surface area contributed by atoms with Crippen molar-refractivity contribution in [3.63, 3.8) is 0 Å². The van der Waals surface area contributed by atoms with E-state index >= 15 is 0 Å². The Morgan fingerprint density at radius 1 is 1.65 bits per heavy atom. The van der Waals surface area contributed by atoms with E-state index in [-0.39, 0.29) is 17.9 Å². The Morgan fingerprint density at radius 3 is 3.05 bits per heavy atom. The second kappa shape index (κ2) is 5.44. The van der Waals surface area contributed by atoms with Gasteiger partial charge in [0.2, 0.25) is 0 Å². The van der Waals surface area contributed by atoms with Crippen LogP contribution >= 0.6 is 0 Å². The molecule has 104 valence electrons. The molecule has 0 spiro atoms. The molecular formula is C12H10FN3O4. The number of nitrogens with one attached hydrogen (secondary N) is 2. The number of hydrogen-bond acceptors (Lipinski definition) is 4. The molecule has 0 saturated heterocycles. The molecule has 20 heavy (non-hydrogen) atoms. The Morgan fingerprint density at radius 2 is 2.40 bits per heavy atom. The van der Waals surface area contributed by atoms with Crippen LogP contribution in [-0.4, -0.2) is 29.3 Å². The Labute approximate surface area is 113 Å². The summed E-state index contributed by atoms with van der Waals surface area (Å²) in [5, 5.41) is 21.8. The number of carbonyl (C=O) groups excluding carboxylic acids is 1. The van der Waals surface area contributed by atoms with E-state index in [2.05, 4.69) is 5.32 Å². The van der Waals surface area contributed by atoms with E-state index in [9.17, 15) is 14.0 Å². The van der Waals surface area contributed by atoms with Crippen LogP contribution < -0.4 is 15.4 Å². The fourth-order valence-electron chi connectivity index (χ4n) is 1.78. The van der Waals surface area contributed by atoms with Crippen molar-refractivity contribution >= 4 is 17.7 Å². The molecule has 1 aromatic carbocycles. The second-order valence-corrected chi connectivity index (χ2v) is 4.10. The number of rotatable bonds is 3. The lowest BCUT2D eigenvalue weighted by atomic mass is 10.1. The maximum atomic E-state index is 13.0. The van der Waals surface area contributed by atoms with Crippen LogP contribution in [0.1, 0.15) is 6.42 Å². The van der Waals surface area contributed by atoms with Gasteiger partial charge in [-0.1, -0.05) is 0 Å². The number of nitriles is 1. The number of fused-ring (bicyclic) bond motifs is 1. The van der Waals surface area contributed by atoms with Gasteiger partial charge in [0.05, 0.1) is 11.8 Å². The highest BCUT2D eigenvalue weighted by atomic mass is 19.1. The number of carbonyl (C=O) groups is 2. The summed E-state index contributed by atoms with van der Waals surface area (Å²) in [7, 11) is 0. The maximum Gasteiger partial charge on any atom is 0.405 e. The first-order valence-corrected chi connectivity index (χ1v) is 5.65. The van der Waals surface area contributed by atoms with Gasteiger partial charge in [0.25, 0.3) is 5.91 Å². The van der Waals surface area contributed by atoms with Crippen LogP contribution in [0.3, 0.4) is 0 Å². The lowest BCUT2D eigenvalue weighted by molar-refractivity contribution is -0.123. The Hall–Kier alpha value is -2.82. The Kier molecular flexibility index (Phi) is 3.70. The smallest absolute Gasteiger partial charge is 0.405 e. The van der Waals surface area contributed by atoms with Crippen LogP contribution in [0.15, 0.2) is 18.2 Å². The number of ether oxygens (including phenoxy) is 1. The summed E-state index contributed by atoms with van der Waals surface area (Å²) >= 11 is 0. The third-order valence-electron chi connectivity index (χ3n) is 2.66. The van der Waals surface area contributed by atoms with E-state index in [0.717, 1.165) is 6.07 Å². The quantitative estimate of drug-likeness (QED) is 0.766. The molecule has 1 aromatic rings. The summed E-state index contributed by atoms with van der Waals surface area (Å²) in [6, 6.07) is 4.28. The minimum Gasteiger partial charge on any atom is -0.478 e. The van der Waals surface area contributed by atoms with Gasteiger partial charge >= 0.3 is 6.09 Å². The van der Waals surface area contributed by atoms with Gasteiger partial charge in [0, 0.05) is 12.5 Å². The molecule has 0 saturated carbocycles. The topological polar surface area (TPSA) is 111 Å². The molecule has 0 radical (unpaired) electrons. The number of hydrogen-bond donors (Lipinski definition) is 3. The van der Waals surface area contributed by atoms with Gasteiger partial charge in [-0.15, -0.1) is 0 Å². The number of anilines is 1. The number of benzene rings is 1. The SMILES string of the molecule is N#C[C@H](C[C@@H]1Oc2ccc(F)cc2NC1=O)NC(=O)O. The molecule has 2 amide bonds. The van der Waals surface area contributed by atoms with Crippen molar-refractivity contribution in [2.75, 3.05) is 5.32 Å². The number of carboxylic acid groups (broad SMARTS) is 1. The van der Waals surface area contributed by atoms with E-state index in [1.165, 1.54) is 12.1 Å². The highest BCUT2D eigenvalue weighted by molar-refractivity contribution is 5.97. The van der Waals surface area contributed by atoms with E-state index < -0.39 is 30.0 Å². The van der Waals surface area contributed by atoms with Gasteiger partial charge in [0.15, 0.2) is 6.10 Å². The van der Waals surface area contributed by atoms with Gasteiger partial charge in [-0.3, -0.25) is 4.79 Å². The van der Waals surface area contributed by atoms with Crippen molar-refractivity contribution in [3.05, 3.63) is 24.0 Å². The minimum absolute atomic E-state index is 0.147. The maximum absolute atomic E-state index is 13.0. The van der Waals surface area contributed by atoms with Crippen molar-refractivity contribution in [1.82, 2.24) is 5.32 Å². The molecular weight excluding hydrogens is 269 g/mol. The third kappa shape index (κ3) is 2.95. The van der Waals surface area contributed by atoms with Gasteiger partial charge in [0.1, 0.15) is 17.6 Å². The molecule has 8 heteroatoms. The zero-order valence-corrected chi connectivity index (χ0v) is 10.1. The van der Waals surface area contributed by atoms with E-state index in [1.807, 2.05) is 5.32 Å². The van der Waals surface area contributed by atoms with Crippen LogP contribution in [0.5, 0.6) is 5.75 Å². The molecule has 0 bridgehead atoms. The summed E-state index contributed by atoms with van der Waals surface area (Å²) in [4.78, 5) is 22.2. The fraction of sp³-hybridized carbons (Fsp3) is 0.250. The second-order valence-electron chi connectivity index (χ2n) is 4.10. The molecule has 0 unspecified atom stereocenters. The summed E-state index contributed by atoms with van der Waals surface area (Å²) in [6.07, 6.45) is -2.54. The summed E-state index contributed by atoms with van der Waals surface area (Å²) in [5.41, 5.74) is 0.200. The highest BCUT2D eigenvalue weighted by Gasteiger charge is 2.31. The summed E-state index contributed by atoms with van der Waals surface area (Å²) < 4.78 is 18.4. The Balaban J connectivity index is 2.11. The molecule has 1 aliphatic heterocycles. The number of nitrogens with zero attached hydrogens (tertiary/aromatic N) is 1. The predicted molar refractivity (Wildman–Crippen MR) is 64.6 cm³/mol. The van der Waals surface area contributed by atoms with Crippen molar-refractivity contribution in [1.29, 1.82) is 5.26 Å². The fourth-order valence-corrected chi connectivity index (χ4v) is 1.78. The normalized spacial score (nSPS) is 18.0.